The topological polar surface area (TPSA) is 78.5 Å². The third kappa shape index (κ3) is 4.15. The summed E-state index contributed by atoms with van der Waals surface area (Å²) in [4.78, 5) is 21.9. The molecular weight excluding hydrogens is 424 g/mol. The lowest BCUT2D eigenvalue weighted by atomic mass is 10.1. The van der Waals surface area contributed by atoms with Crippen molar-refractivity contribution < 1.29 is 0 Å². The maximum atomic E-state index is 13.1. The highest BCUT2D eigenvalue weighted by Gasteiger charge is 2.10. The molecule has 0 radical (unpaired) electrons. The molecule has 158 valence electrons. The van der Waals surface area contributed by atoms with E-state index >= 15 is 0 Å². The van der Waals surface area contributed by atoms with E-state index in [0.29, 0.717) is 28.3 Å². The predicted octanol–water partition coefficient (Wildman–Crippen LogP) is 4.11. The Balaban J connectivity index is 1.41. The van der Waals surface area contributed by atoms with Crippen molar-refractivity contribution in [3.8, 4) is 11.1 Å². The molecule has 0 spiro atoms. The Labute approximate surface area is 189 Å². The molecule has 3 aromatic heterocycles. The summed E-state index contributed by atoms with van der Waals surface area (Å²) in [6.07, 6.45) is 5.07. The van der Waals surface area contributed by atoms with Crippen LogP contribution in [0.25, 0.3) is 22.2 Å². The smallest absolute Gasteiger partial charge is 0.263 e. The van der Waals surface area contributed by atoms with Crippen molar-refractivity contribution in [2.45, 2.75) is 20.0 Å². The number of pyridine rings is 1. The van der Waals surface area contributed by atoms with Crippen LogP contribution < -0.4 is 5.56 Å². The highest BCUT2D eigenvalue weighted by atomic mass is 35.5. The fourth-order valence-electron chi connectivity index (χ4n) is 3.51. The second kappa shape index (κ2) is 8.36. The first kappa shape index (κ1) is 20.1. The van der Waals surface area contributed by atoms with Crippen LogP contribution in [0.15, 0.2) is 78.1 Å². The lowest BCUT2D eigenvalue weighted by Gasteiger charge is -2.06. The molecule has 0 saturated carbocycles. The Morgan fingerprint density at radius 1 is 0.938 bits per heavy atom. The van der Waals surface area contributed by atoms with E-state index in [1.54, 1.807) is 10.9 Å². The average molecular weight is 443 g/mol. The monoisotopic (exact) mass is 442 g/mol. The number of hydrogen-bond acceptors (Lipinski definition) is 5. The number of hydrogen-bond donors (Lipinski definition) is 0. The number of aromatic nitrogens is 6. The van der Waals surface area contributed by atoms with Gasteiger partial charge in [0.15, 0.2) is 5.65 Å². The highest BCUT2D eigenvalue weighted by molar-refractivity contribution is 6.30. The number of nitrogens with zero attached hydrogens (tertiary/aromatic N) is 6. The zero-order chi connectivity index (χ0) is 22.1. The Morgan fingerprint density at radius 3 is 2.50 bits per heavy atom. The summed E-state index contributed by atoms with van der Waals surface area (Å²) in [5, 5.41) is 9.53. The molecule has 0 N–H and O–H groups in total. The molecule has 8 heteroatoms. The number of halogens is 1. The summed E-state index contributed by atoms with van der Waals surface area (Å²) < 4.78 is 3.26. The zero-order valence-corrected chi connectivity index (χ0v) is 18.1. The van der Waals surface area contributed by atoms with Gasteiger partial charge in [-0.1, -0.05) is 58.8 Å². The van der Waals surface area contributed by atoms with Crippen molar-refractivity contribution in [3.05, 3.63) is 106 Å². The highest BCUT2D eigenvalue weighted by Crippen LogP contribution is 2.21. The Kier molecular flexibility index (Phi) is 5.25. The molecule has 5 aromatic rings. The molecule has 0 atom stereocenters. The van der Waals surface area contributed by atoms with Gasteiger partial charge in [0.1, 0.15) is 12.0 Å². The number of aryl methyl sites for hydroxylation is 1. The molecule has 32 heavy (non-hydrogen) atoms. The van der Waals surface area contributed by atoms with Crippen LogP contribution in [-0.2, 0) is 13.1 Å². The number of fused-ring (bicyclic) bond motifs is 1. The molecule has 2 aromatic carbocycles. The van der Waals surface area contributed by atoms with Crippen LogP contribution in [0.1, 0.15) is 16.8 Å². The standard InChI is InChI=1S/C24H19ClN6O/c1-16-2-6-18(7-3-16)19-10-22-23(26-11-19)27-15-30(24(22)32)13-21-14-31(29-28-21)12-17-4-8-20(25)9-5-17/h2-11,14-15H,12-13H2,1H3. The van der Waals surface area contributed by atoms with Crippen LogP contribution in [0.5, 0.6) is 0 Å². The van der Waals surface area contributed by atoms with Gasteiger partial charge in [0.05, 0.1) is 24.7 Å². The summed E-state index contributed by atoms with van der Waals surface area (Å²) >= 11 is 5.94. The number of rotatable bonds is 5. The van der Waals surface area contributed by atoms with E-state index in [2.05, 4.69) is 20.3 Å². The van der Waals surface area contributed by atoms with Gasteiger partial charge < -0.3 is 0 Å². The van der Waals surface area contributed by atoms with Gasteiger partial charge in [-0.25, -0.2) is 14.6 Å². The third-order valence-corrected chi connectivity index (χ3v) is 5.49. The molecular formula is C24H19ClN6O. The molecule has 5 rings (SSSR count). The van der Waals surface area contributed by atoms with Crippen LogP contribution in [-0.4, -0.2) is 29.5 Å². The van der Waals surface area contributed by atoms with Crippen molar-refractivity contribution in [1.82, 2.24) is 29.5 Å². The normalized spacial score (nSPS) is 11.2. The predicted molar refractivity (Wildman–Crippen MR) is 124 cm³/mol. The molecule has 0 unspecified atom stereocenters. The largest absolute Gasteiger partial charge is 0.292 e. The van der Waals surface area contributed by atoms with Gasteiger partial charge in [0.25, 0.3) is 5.56 Å². The third-order valence-electron chi connectivity index (χ3n) is 5.24. The molecule has 0 aliphatic carbocycles. The fraction of sp³-hybridized carbons (Fsp3) is 0.125. The molecule has 7 nitrogen and oxygen atoms in total. The van der Waals surface area contributed by atoms with Crippen LogP contribution >= 0.6 is 11.6 Å². The molecule has 0 bridgehead atoms. The van der Waals surface area contributed by atoms with Gasteiger partial charge in [0.2, 0.25) is 0 Å². The summed E-state index contributed by atoms with van der Waals surface area (Å²) in [5.74, 6) is 0. The van der Waals surface area contributed by atoms with Gasteiger partial charge in [-0.2, -0.15) is 0 Å². The first-order valence-electron chi connectivity index (χ1n) is 10.1. The summed E-state index contributed by atoms with van der Waals surface area (Å²) in [6.45, 7) is 2.88. The SMILES string of the molecule is Cc1ccc(-c2cnc3ncn(Cc4cn(Cc5ccc(Cl)cc5)nn4)c(=O)c3c2)cc1. The summed E-state index contributed by atoms with van der Waals surface area (Å²) in [5.41, 5.74) is 5.05. The minimum Gasteiger partial charge on any atom is -0.292 e. The minimum absolute atomic E-state index is 0.163. The number of benzene rings is 2. The second-order valence-corrected chi connectivity index (χ2v) is 8.11. The van der Waals surface area contributed by atoms with E-state index in [4.69, 9.17) is 11.6 Å². The maximum absolute atomic E-state index is 13.1. The van der Waals surface area contributed by atoms with Gasteiger partial charge in [-0.3, -0.25) is 9.36 Å². The van der Waals surface area contributed by atoms with Crippen LogP contribution in [0.3, 0.4) is 0 Å². The van der Waals surface area contributed by atoms with Crippen molar-refractivity contribution in [2.75, 3.05) is 0 Å². The summed E-state index contributed by atoms with van der Waals surface area (Å²) in [7, 11) is 0. The van der Waals surface area contributed by atoms with Crippen LogP contribution in [0.2, 0.25) is 5.02 Å². The van der Waals surface area contributed by atoms with Gasteiger partial charge in [-0.05, 0) is 36.2 Å². The zero-order valence-electron chi connectivity index (χ0n) is 17.3. The van der Waals surface area contributed by atoms with Crippen molar-refractivity contribution in [3.63, 3.8) is 0 Å². The van der Waals surface area contributed by atoms with Crippen LogP contribution in [0, 0.1) is 6.92 Å². The van der Waals surface area contributed by atoms with Crippen molar-refractivity contribution in [1.29, 1.82) is 0 Å². The lowest BCUT2D eigenvalue weighted by Crippen LogP contribution is -2.21. The van der Waals surface area contributed by atoms with E-state index < -0.39 is 0 Å². The van der Waals surface area contributed by atoms with E-state index in [1.165, 1.54) is 16.5 Å². The molecule has 0 aliphatic rings. The van der Waals surface area contributed by atoms with Gasteiger partial charge >= 0.3 is 0 Å². The second-order valence-electron chi connectivity index (χ2n) is 7.67. The van der Waals surface area contributed by atoms with Crippen LogP contribution in [0.4, 0.5) is 0 Å². The lowest BCUT2D eigenvalue weighted by molar-refractivity contribution is 0.648. The molecule has 0 amide bonds. The Hall–Kier alpha value is -3.84. The first-order valence-corrected chi connectivity index (χ1v) is 10.5. The molecule has 0 aliphatic heterocycles. The van der Waals surface area contributed by atoms with Crippen molar-refractivity contribution in [2.24, 2.45) is 0 Å². The Bertz CT molecular complexity index is 1460. The van der Waals surface area contributed by atoms with E-state index in [9.17, 15) is 4.79 Å². The minimum atomic E-state index is -0.163. The fourth-order valence-corrected chi connectivity index (χ4v) is 3.63. The molecule has 0 fully saturated rings. The van der Waals surface area contributed by atoms with E-state index in [0.717, 1.165) is 16.7 Å². The van der Waals surface area contributed by atoms with Gasteiger partial charge in [0, 0.05) is 16.8 Å². The van der Waals surface area contributed by atoms with Crippen molar-refractivity contribution >= 4 is 22.6 Å². The first-order chi connectivity index (χ1) is 15.5. The van der Waals surface area contributed by atoms with E-state index in [1.807, 2.05) is 67.7 Å². The van der Waals surface area contributed by atoms with E-state index in [-0.39, 0.29) is 12.1 Å². The van der Waals surface area contributed by atoms with Gasteiger partial charge in [-0.15, -0.1) is 5.10 Å². The quantitative estimate of drug-likeness (QED) is 0.409. The molecule has 3 heterocycles. The molecule has 0 saturated heterocycles. The summed E-state index contributed by atoms with van der Waals surface area (Å²) in [6, 6.07) is 17.5. The average Bonchev–Trinajstić information content (AvgIpc) is 3.24. The Morgan fingerprint density at radius 2 is 1.72 bits per heavy atom. The maximum Gasteiger partial charge on any atom is 0.263 e.